The van der Waals surface area contributed by atoms with Gasteiger partial charge in [0, 0.05) is 40.7 Å². The molecule has 6 heteroatoms. The minimum absolute atomic E-state index is 0.00430. The lowest BCUT2D eigenvalue weighted by Crippen LogP contribution is -2.02. The fourth-order valence-corrected chi connectivity index (χ4v) is 4.44. The summed E-state index contributed by atoms with van der Waals surface area (Å²) in [6, 6.07) is 15.7. The Morgan fingerprint density at radius 2 is 1.93 bits per heavy atom. The number of hydrogen-bond donors (Lipinski definition) is 1. The number of unbranched alkanes of at least 4 members (excludes halogenated alkanes) is 1. The standard InChI is InChI=1S/C21H21ClN2O2S/c1-27(25,26)14-16-5-4-7-19-20(13-24-21(16)19)18(6-2-3-12-23)15-8-10-17(22)11-9-15/h4-5,7-11,13,18,24H,2-3,6,14H2,1H3. The number of aromatic amines is 1. The van der Waals surface area contributed by atoms with Crippen LogP contribution in [0.3, 0.4) is 0 Å². The molecular weight excluding hydrogens is 380 g/mol. The van der Waals surface area contributed by atoms with Crippen molar-refractivity contribution in [2.75, 3.05) is 6.26 Å². The zero-order valence-electron chi connectivity index (χ0n) is 15.1. The normalized spacial score (nSPS) is 12.8. The topological polar surface area (TPSA) is 73.7 Å². The van der Waals surface area contributed by atoms with Crippen LogP contribution in [0.15, 0.2) is 48.7 Å². The van der Waals surface area contributed by atoms with E-state index >= 15 is 0 Å². The molecule has 0 bridgehead atoms. The lowest BCUT2D eigenvalue weighted by Gasteiger charge is -2.17. The molecule has 3 aromatic rings. The third kappa shape index (κ3) is 4.71. The van der Waals surface area contributed by atoms with Crippen LogP contribution in [-0.2, 0) is 15.6 Å². The van der Waals surface area contributed by atoms with E-state index in [1.165, 1.54) is 6.26 Å². The largest absolute Gasteiger partial charge is 0.361 e. The Hall–Kier alpha value is -2.29. The van der Waals surface area contributed by atoms with E-state index in [0.29, 0.717) is 11.4 Å². The summed E-state index contributed by atoms with van der Waals surface area (Å²) in [6.45, 7) is 0. The van der Waals surface area contributed by atoms with Crippen molar-refractivity contribution in [1.82, 2.24) is 4.98 Å². The molecule has 1 aromatic heterocycles. The first-order valence-corrected chi connectivity index (χ1v) is 11.2. The van der Waals surface area contributed by atoms with Crippen LogP contribution < -0.4 is 0 Å². The highest BCUT2D eigenvalue weighted by molar-refractivity contribution is 7.89. The second-order valence-electron chi connectivity index (χ2n) is 6.81. The molecule has 27 heavy (non-hydrogen) atoms. The maximum Gasteiger partial charge on any atom is 0.151 e. The molecule has 0 fully saturated rings. The zero-order valence-corrected chi connectivity index (χ0v) is 16.6. The van der Waals surface area contributed by atoms with Gasteiger partial charge in [-0.15, -0.1) is 0 Å². The molecule has 3 rings (SSSR count). The lowest BCUT2D eigenvalue weighted by molar-refractivity contribution is 0.601. The molecule has 2 aromatic carbocycles. The van der Waals surface area contributed by atoms with E-state index in [-0.39, 0.29) is 11.7 Å². The van der Waals surface area contributed by atoms with Gasteiger partial charge in [0.25, 0.3) is 0 Å². The summed E-state index contributed by atoms with van der Waals surface area (Å²) >= 11 is 6.04. The van der Waals surface area contributed by atoms with Gasteiger partial charge < -0.3 is 4.98 Å². The van der Waals surface area contributed by atoms with Gasteiger partial charge in [-0.1, -0.05) is 41.9 Å². The number of halogens is 1. The number of nitrogens with zero attached hydrogens (tertiary/aromatic N) is 1. The third-order valence-electron chi connectivity index (χ3n) is 4.68. The molecule has 0 aliphatic rings. The summed E-state index contributed by atoms with van der Waals surface area (Å²) in [7, 11) is -3.12. The van der Waals surface area contributed by atoms with Crippen LogP contribution in [0.2, 0.25) is 5.02 Å². The summed E-state index contributed by atoms with van der Waals surface area (Å²) in [5.74, 6) is 0.113. The molecule has 4 nitrogen and oxygen atoms in total. The van der Waals surface area contributed by atoms with Crippen molar-refractivity contribution in [1.29, 1.82) is 5.26 Å². The first kappa shape index (κ1) is 19.5. The van der Waals surface area contributed by atoms with Crippen LogP contribution >= 0.6 is 11.6 Å². The van der Waals surface area contributed by atoms with E-state index in [1.54, 1.807) is 0 Å². The van der Waals surface area contributed by atoms with Crippen LogP contribution in [0.4, 0.5) is 0 Å². The average Bonchev–Trinajstić information content (AvgIpc) is 3.04. The Morgan fingerprint density at radius 3 is 2.59 bits per heavy atom. The molecule has 140 valence electrons. The first-order valence-electron chi connectivity index (χ1n) is 8.78. The molecule has 0 amide bonds. The van der Waals surface area contributed by atoms with Crippen LogP contribution in [-0.4, -0.2) is 19.7 Å². The number of H-pyrrole nitrogens is 1. The van der Waals surface area contributed by atoms with Crippen molar-refractivity contribution in [3.05, 3.63) is 70.4 Å². The van der Waals surface area contributed by atoms with E-state index in [2.05, 4.69) is 11.1 Å². The van der Waals surface area contributed by atoms with E-state index < -0.39 is 9.84 Å². The molecule has 0 aliphatic carbocycles. The predicted molar refractivity (Wildman–Crippen MR) is 110 cm³/mol. The van der Waals surface area contributed by atoms with Gasteiger partial charge in [0.05, 0.1) is 11.8 Å². The van der Waals surface area contributed by atoms with E-state index in [4.69, 9.17) is 16.9 Å². The lowest BCUT2D eigenvalue weighted by atomic mass is 9.86. The van der Waals surface area contributed by atoms with Gasteiger partial charge in [0.1, 0.15) is 0 Å². The van der Waals surface area contributed by atoms with Gasteiger partial charge >= 0.3 is 0 Å². The van der Waals surface area contributed by atoms with Gasteiger partial charge in [-0.3, -0.25) is 0 Å². The molecule has 1 unspecified atom stereocenters. The number of rotatable bonds is 7. The number of sulfone groups is 1. The quantitative estimate of drug-likeness (QED) is 0.554. The molecule has 0 aliphatic heterocycles. The average molecular weight is 401 g/mol. The van der Waals surface area contributed by atoms with Crippen LogP contribution in [0, 0.1) is 11.3 Å². The maximum absolute atomic E-state index is 11.8. The van der Waals surface area contributed by atoms with E-state index in [0.717, 1.165) is 40.4 Å². The number of aromatic nitrogens is 1. The summed E-state index contributed by atoms with van der Waals surface area (Å²) in [5, 5.41) is 10.6. The molecule has 0 radical (unpaired) electrons. The Bertz CT molecular complexity index is 1080. The zero-order chi connectivity index (χ0) is 19.4. The minimum Gasteiger partial charge on any atom is -0.361 e. The number of benzene rings is 2. The van der Waals surface area contributed by atoms with Crippen LogP contribution in [0.25, 0.3) is 10.9 Å². The number of nitriles is 1. The van der Waals surface area contributed by atoms with Gasteiger partial charge in [-0.2, -0.15) is 5.26 Å². The summed E-state index contributed by atoms with van der Waals surface area (Å²) in [4.78, 5) is 3.28. The molecule has 1 atom stereocenters. The van der Waals surface area contributed by atoms with Crippen LogP contribution in [0.5, 0.6) is 0 Å². The highest BCUT2D eigenvalue weighted by Gasteiger charge is 2.19. The molecule has 0 saturated carbocycles. The molecule has 0 spiro atoms. The van der Waals surface area contributed by atoms with Gasteiger partial charge in [-0.05, 0) is 41.7 Å². The monoisotopic (exact) mass is 400 g/mol. The Kier molecular flexibility index (Phi) is 5.88. The number of para-hydroxylation sites is 1. The predicted octanol–water partition coefficient (Wildman–Crippen LogP) is 5.19. The molecule has 1 heterocycles. The highest BCUT2D eigenvalue weighted by Crippen LogP contribution is 2.36. The van der Waals surface area contributed by atoms with Crippen LogP contribution in [0.1, 0.15) is 41.9 Å². The van der Waals surface area contributed by atoms with E-state index in [1.807, 2.05) is 48.7 Å². The highest BCUT2D eigenvalue weighted by atomic mass is 35.5. The summed E-state index contributed by atoms with van der Waals surface area (Å²) in [5.41, 5.74) is 3.87. The van der Waals surface area contributed by atoms with Crippen molar-refractivity contribution >= 4 is 32.3 Å². The fourth-order valence-electron chi connectivity index (χ4n) is 3.51. The second kappa shape index (κ2) is 8.16. The summed E-state index contributed by atoms with van der Waals surface area (Å²) in [6.07, 6.45) is 5.33. The molecule has 1 N–H and O–H groups in total. The number of nitrogens with one attached hydrogen (secondary N) is 1. The van der Waals surface area contributed by atoms with Gasteiger partial charge in [0.15, 0.2) is 9.84 Å². The van der Waals surface area contributed by atoms with Crippen molar-refractivity contribution in [3.63, 3.8) is 0 Å². The van der Waals surface area contributed by atoms with Crippen molar-refractivity contribution in [3.8, 4) is 6.07 Å². The second-order valence-corrected chi connectivity index (χ2v) is 9.38. The number of hydrogen-bond acceptors (Lipinski definition) is 3. The summed E-state index contributed by atoms with van der Waals surface area (Å²) < 4.78 is 23.5. The van der Waals surface area contributed by atoms with Gasteiger partial charge in [-0.25, -0.2) is 8.42 Å². The smallest absolute Gasteiger partial charge is 0.151 e. The van der Waals surface area contributed by atoms with Crippen molar-refractivity contribution < 1.29 is 8.42 Å². The number of fused-ring (bicyclic) bond motifs is 1. The third-order valence-corrected chi connectivity index (χ3v) is 5.77. The van der Waals surface area contributed by atoms with Crippen molar-refractivity contribution in [2.45, 2.75) is 30.9 Å². The van der Waals surface area contributed by atoms with Gasteiger partial charge in [0.2, 0.25) is 0 Å². The van der Waals surface area contributed by atoms with Crippen molar-refractivity contribution in [2.24, 2.45) is 0 Å². The maximum atomic E-state index is 11.8. The molecular formula is C21H21ClN2O2S. The van der Waals surface area contributed by atoms with E-state index in [9.17, 15) is 8.42 Å². The Balaban J connectivity index is 2.06. The minimum atomic E-state index is -3.12. The Morgan fingerprint density at radius 1 is 1.19 bits per heavy atom. The Labute approximate surface area is 164 Å². The first-order chi connectivity index (χ1) is 12.9. The molecule has 0 saturated heterocycles. The fraction of sp³-hybridized carbons (Fsp3) is 0.286. The SMILES string of the molecule is CS(=O)(=O)Cc1cccc2c(C(CCCC#N)c3ccc(Cl)cc3)c[nH]c12.